The molecule has 0 bridgehead atoms. The van der Waals surface area contributed by atoms with Crippen LogP contribution in [-0.4, -0.2) is 51.4 Å². The van der Waals surface area contributed by atoms with Crippen molar-refractivity contribution in [3.05, 3.63) is 28.7 Å². The van der Waals surface area contributed by atoms with Crippen LogP contribution in [0, 0.1) is 0 Å². The minimum Gasteiger partial charge on any atom is -0.356 e. The molecule has 1 heterocycles. The molecule has 1 amide bonds. The van der Waals surface area contributed by atoms with Crippen molar-refractivity contribution in [3.8, 4) is 0 Å². The van der Waals surface area contributed by atoms with E-state index >= 15 is 0 Å². The van der Waals surface area contributed by atoms with Crippen molar-refractivity contribution in [2.24, 2.45) is 4.99 Å². The number of hydrogen-bond donors (Lipinski definition) is 3. The number of nitrogens with one attached hydrogen (secondary N) is 3. The number of nitrogens with zero attached hydrogens (tertiary/aromatic N) is 1. The Kier molecular flexibility index (Phi) is 6.61. The highest BCUT2D eigenvalue weighted by Crippen LogP contribution is 2.14. The Morgan fingerprint density at radius 1 is 1.33 bits per heavy atom. The molecule has 1 aliphatic rings. The fourth-order valence-corrected chi connectivity index (χ4v) is 4.29. The summed E-state index contributed by atoms with van der Waals surface area (Å²) in [6.07, 6.45) is 0.854. The monoisotopic (exact) mass is 416 g/mol. The van der Waals surface area contributed by atoms with E-state index in [2.05, 4.69) is 36.9 Å². The molecule has 1 saturated heterocycles. The van der Waals surface area contributed by atoms with Crippen LogP contribution < -0.4 is 16.0 Å². The van der Waals surface area contributed by atoms with Gasteiger partial charge in [0.2, 0.25) is 5.91 Å². The Balaban J connectivity index is 1.71. The van der Waals surface area contributed by atoms with Gasteiger partial charge >= 0.3 is 0 Å². The zero-order valence-corrected chi connectivity index (χ0v) is 15.8. The highest BCUT2D eigenvalue weighted by molar-refractivity contribution is 9.10. The van der Waals surface area contributed by atoms with Crippen LogP contribution in [0.1, 0.15) is 12.8 Å². The van der Waals surface area contributed by atoms with Gasteiger partial charge in [-0.25, -0.2) is 8.42 Å². The summed E-state index contributed by atoms with van der Waals surface area (Å²) in [5.41, 5.74) is 0.738. The molecule has 7 nitrogen and oxygen atoms in total. The number of amides is 1. The smallest absolute Gasteiger partial charge is 0.226 e. The Morgan fingerprint density at radius 3 is 2.62 bits per heavy atom. The molecular weight excluding hydrogens is 396 g/mol. The molecule has 132 valence electrons. The quantitative estimate of drug-likeness (QED) is 0.493. The molecule has 1 aliphatic heterocycles. The van der Waals surface area contributed by atoms with E-state index in [1.807, 2.05) is 24.3 Å². The normalized spacial score (nSPS) is 19.8. The molecule has 0 radical (unpaired) electrons. The average molecular weight is 417 g/mol. The maximum atomic E-state index is 11.9. The number of rotatable bonds is 5. The van der Waals surface area contributed by atoms with Crippen LogP contribution in [0.2, 0.25) is 0 Å². The topological polar surface area (TPSA) is 99.7 Å². The molecule has 9 heteroatoms. The van der Waals surface area contributed by atoms with Gasteiger partial charge in [0.15, 0.2) is 15.8 Å². The van der Waals surface area contributed by atoms with Gasteiger partial charge in [-0.05, 0) is 30.7 Å². The summed E-state index contributed by atoms with van der Waals surface area (Å²) >= 11 is 3.34. The first-order valence-corrected chi connectivity index (χ1v) is 10.2. The highest BCUT2D eigenvalue weighted by Gasteiger charge is 2.28. The zero-order chi connectivity index (χ0) is 17.6. The van der Waals surface area contributed by atoms with Gasteiger partial charge in [0.1, 0.15) is 0 Å². The number of hydrogen-bond acceptors (Lipinski definition) is 4. The second-order valence-electron chi connectivity index (χ2n) is 5.55. The number of halogens is 1. The lowest BCUT2D eigenvalue weighted by Crippen LogP contribution is -2.44. The number of sulfone groups is 1. The van der Waals surface area contributed by atoms with Gasteiger partial charge in [-0.3, -0.25) is 9.79 Å². The lowest BCUT2D eigenvalue weighted by molar-refractivity contribution is -0.116. The lowest BCUT2D eigenvalue weighted by atomic mass is 10.3. The number of aliphatic imine (C=N–C) groups is 1. The minimum atomic E-state index is -2.93. The second kappa shape index (κ2) is 8.48. The van der Waals surface area contributed by atoms with E-state index in [9.17, 15) is 13.2 Å². The first-order valence-electron chi connectivity index (χ1n) is 7.61. The molecule has 2 rings (SSSR count). The third kappa shape index (κ3) is 6.12. The molecule has 1 fully saturated rings. The van der Waals surface area contributed by atoms with Crippen molar-refractivity contribution < 1.29 is 13.2 Å². The average Bonchev–Trinajstić information content (AvgIpc) is 2.87. The SMILES string of the molecule is CN=C(NCCC(=O)Nc1ccc(Br)cc1)NC1CCS(=O)(=O)C1. The van der Waals surface area contributed by atoms with Gasteiger partial charge in [-0.15, -0.1) is 0 Å². The summed E-state index contributed by atoms with van der Waals surface area (Å²) < 4.78 is 23.9. The van der Waals surface area contributed by atoms with E-state index in [4.69, 9.17) is 0 Å². The van der Waals surface area contributed by atoms with E-state index < -0.39 is 9.84 Å². The van der Waals surface area contributed by atoms with E-state index in [0.29, 0.717) is 18.9 Å². The van der Waals surface area contributed by atoms with Crippen LogP contribution in [0.3, 0.4) is 0 Å². The van der Waals surface area contributed by atoms with Gasteiger partial charge in [-0.1, -0.05) is 15.9 Å². The summed E-state index contributed by atoms with van der Waals surface area (Å²) in [6.45, 7) is 0.404. The number of carbonyl (C=O) groups excluding carboxylic acids is 1. The predicted molar refractivity (Wildman–Crippen MR) is 98.9 cm³/mol. The maximum absolute atomic E-state index is 11.9. The third-order valence-corrected chi connectivity index (χ3v) is 5.87. The fourth-order valence-electron chi connectivity index (χ4n) is 2.35. The molecule has 0 saturated carbocycles. The van der Waals surface area contributed by atoms with E-state index in [1.165, 1.54) is 0 Å². The van der Waals surface area contributed by atoms with Crippen LogP contribution in [0.4, 0.5) is 5.69 Å². The predicted octanol–water partition coefficient (Wildman–Crippen LogP) is 1.13. The Bertz CT molecular complexity index is 704. The van der Waals surface area contributed by atoms with Crippen molar-refractivity contribution in [1.29, 1.82) is 0 Å². The fraction of sp³-hybridized carbons (Fsp3) is 0.467. The molecule has 3 N–H and O–H groups in total. The van der Waals surface area contributed by atoms with Crippen molar-refractivity contribution in [2.75, 3.05) is 30.4 Å². The number of anilines is 1. The van der Waals surface area contributed by atoms with E-state index in [0.717, 1.165) is 10.2 Å². The van der Waals surface area contributed by atoms with Gasteiger partial charge in [0.25, 0.3) is 0 Å². The summed E-state index contributed by atoms with van der Waals surface area (Å²) in [5, 5.41) is 8.90. The molecule has 0 aromatic heterocycles. The molecular formula is C15H21BrN4O3S. The summed E-state index contributed by atoms with van der Waals surface area (Å²) in [4.78, 5) is 15.9. The van der Waals surface area contributed by atoms with Crippen LogP contribution >= 0.6 is 15.9 Å². The van der Waals surface area contributed by atoms with Gasteiger partial charge in [0.05, 0.1) is 11.5 Å². The lowest BCUT2D eigenvalue weighted by Gasteiger charge is -2.16. The summed E-state index contributed by atoms with van der Waals surface area (Å²) in [7, 11) is -1.32. The highest BCUT2D eigenvalue weighted by atomic mass is 79.9. The van der Waals surface area contributed by atoms with Crippen LogP contribution in [0.15, 0.2) is 33.7 Å². The number of guanidine groups is 1. The van der Waals surface area contributed by atoms with Crippen LogP contribution in [-0.2, 0) is 14.6 Å². The third-order valence-electron chi connectivity index (χ3n) is 3.57. The van der Waals surface area contributed by atoms with Crippen molar-refractivity contribution in [2.45, 2.75) is 18.9 Å². The molecule has 1 aromatic carbocycles. The Morgan fingerprint density at radius 2 is 2.04 bits per heavy atom. The van der Waals surface area contributed by atoms with Gasteiger partial charge in [0, 0.05) is 36.2 Å². The van der Waals surface area contributed by atoms with Crippen molar-refractivity contribution in [1.82, 2.24) is 10.6 Å². The molecule has 0 spiro atoms. The molecule has 1 aromatic rings. The van der Waals surface area contributed by atoms with Crippen LogP contribution in [0.25, 0.3) is 0 Å². The van der Waals surface area contributed by atoms with E-state index in [-0.39, 0.29) is 29.9 Å². The molecule has 0 aliphatic carbocycles. The summed E-state index contributed by atoms with van der Waals surface area (Å²) in [5.74, 6) is 0.729. The Hall–Kier alpha value is -1.61. The van der Waals surface area contributed by atoms with Crippen molar-refractivity contribution in [3.63, 3.8) is 0 Å². The van der Waals surface area contributed by atoms with Crippen LogP contribution in [0.5, 0.6) is 0 Å². The van der Waals surface area contributed by atoms with Gasteiger partial charge in [-0.2, -0.15) is 0 Å². The second-order valence-corrected chi connectivity index (χ2v) is 8.69. The van der Waals surface area contributed by atoms with Crippen molar-refractivity contribution >= 4 is 43.3 Å². The first-order chi connectivity index (χ1) is 11.4. The Labute approximate surface area is 150 Å². The summed E-state index contributed by atoms with van der Waals surface area (Å²) in [6, 6.07) is 7.22. The number of carbonyl (C=O) groups is 1. The molecule has 24 heavy (non-hydrogen) atoms. The molecule has 1 unspecified atom stereocenters. The standard InChI is InChI=1S/C15H21BrN4O3S/c1-17-15(20-13-7-9-24(22,23)10-13)18-8-6-14(21)19-12-4-2-11(16)3-5-12/h2-5,13H,6-10H2,1H3,(H,19,21)(H2,17,18,20). The van der Waals surface area contributed by atoms with Gasteiger partial charge < -0.3 is 16.0 Å². The largest absolute Gasteiger partial charge is 0.356 e. The maximum Gasteiger partial charge on any atom is 0.226 e. The minimum absolute atomic E-state index is 0.108. The zero-order valence-electron chi connectivity index (χ0n) is 13.4. The first kappa shape index (κ1) is 18.7. The molecule has 1 atom stereocenters. The number of benzene rings is 1. The van der Waals surface area contributed by atoms with E-state index in [1.54, 1.807) is 7.05 Å².